The van der Waals surface area contributed by atoms with Crippen LogP contribution >= 0.6 is 0 Å². The van der Waals surface area contributed by atoms with Gasteiger partial charge < -0.3 is 10.9 Å². The molecule has 0 radical (unpaired) electrons. The maximum atomic E-state index is 8.51. The van der Waals surface area contributed by atoms with E-state index >= 15 is 0 Å². The molecule has 0 atom stereocenters. The van der Waals surface area contributed by atoms with E-state index in [-0.39, 0.29) is 0 Å². The monoisotopic (exact) mass is 237 g/mol. The number of nitrogens with zero attached hydrogens (tertiary/aromatic N) is 4. The maximum Gasteiger partial charge on any atom is 0.140 e. The zero-order chi connectivity index (χ0) is 12.1. The number of rotatable bonds is 7. The van der Waals surface area contributed by atoms with E-state index in [1.807, 2.05) is 16.9 Å². The van der Waals surface area contributed by atoms with Crippen molar-refractivity contribution in [1.29, 1.82) is 0 Å². The van der Waals surface area contributed by atoms with Gasteiger partial charge in [0.25, 0.3) is 0 Å². The van der Waals surface area contributed by atoms with Gasteiger partial charge in [-0.1, -0.05) is 5.16 Å². The smallest absolute Gasteiger partial charge is 0.140 e. The summed E-state index contributed by atoms with van der Waals surface area (Å²) in [6.07, 6.45) is 6.89. The van der Waals surface area contributed by atoms with Crippen molar-refractivity contribution in [3.63, 3.8) is 0 Å². The summed E-state index contributed by atoms with van der Waals surface area (Å²) in [5.74, 6) is 0.301. The summed E-state index contributed by atoms with van der Waals surface area (Å²) in [4.78, 5) is 2.39. The molecule has 0 bridgehead atoms. The van der Waals surface area contributed by atoms with E-state index in [2.05, 4.69) is 15.2 Å². The first-order valence-corrected chi connectivity index (χ1v) is 5.97. The quantitative estimate of drug-likeness (QED) is 0.313. The summed E-state index contributed by atoms with van der Waals surface area (Å²) in [6, 6.07) is 2.61. The summed E-state index contributed by atoms with van der Waals surface area (Å²) < 4.78 is 1.93. The molecule has 6 nitrogen and oxygen atoms in total. The molecule has 0 aliphatic heterocycles. The molecule has 1 aliphatic rings. The Balaban J connectivity index is 1.77. The standard InChI is InChI=1S/C11H19N5O/c12-11(14-17)4-7-15(10-2-3-10)8-9-16-6-1-5-13-16/h1,5-6,10,17H,2-4,7-9H2,(H2,12,14). The van der Waals surface area contributed by atoms with Gasteiger partial charge in [-0.15, -0.1) is 0 Å². The lowest BCUT2D eigenvalue weighted by molar-refractivity contribution is 0.253. The number of amidine groups is 1. The summed E-state index contributed by atoms with van der Waals surface area (Å²) in [5, 5.41) is 15.7. The van der Waals surface area contributed by atoms with Crippen LogP contribution in [0.15, 0.2) is 23.6 Å². The van der Waals surface area contributed by atoms with Crippen LogP contribution < -0.4 is 5.73 Å². The molecule has 3 N–H and O–H groups in total. The topological polar surface area (TPSA) is 79.7 Å². The molecule has 0 amide bonds. The highest BCUT2D eigenvalue weighted by Crippen LogP contribution is 2.26. The molecule has 6 heteroatoms. The largest absolute Gasteiger partial charge is 0.409 e. The van der Waals surface area contributed by atoms with Crippen LogP contribution in [0, 0.1) is 0 Å². The van der Waals surface area contributed by atoms with E-state index in [9.17, 15) is 0 Å². The van der Waals surface area contributed by atoms with Crippen LogP contribution in [0.25, 0.3) is 0 Å². The molecule has 1 heterocycles. The van der Waals surface area contributed by atoms with Crippen molar-refractivity contribution in [3.05, 3.63) is 18.5 Å². The number of hydrogen-bond donors (Lipinski definition) is 2. The Morgan fingerprint density at radius 2 is 2.35 bits per heavy atom. The van der Waals surface area contributed by atoms with Gasteiger partial charge in [0.2, 0.25) is 0 Å². The van der Waals surface area contributed by atoms with Crippen LogP contribution in [0.3, 0.4) is 0 Å². The van der Waals surface area contributed by atoms with Gasteiger partial charge in [0, 0.05) is 37.9 Å². The van der Waals surface area contributed by atoms with E-state index in [4.69, 9.17) is 10.9 Å². The van der Waals surface area contributed by atoms with Gasteiger partial charge in [0.15, 0.2) is 0 Å². The zero-order valence-electron chi connectivity index (χ0n) is 9.87. The Labute approximate surface area is 101 Å². The maximum absolute atomic E-state index is 8.51. The third-order valence-corrected chi connectivity index (χ3v) is 3.02. The highest BCUT2D eigenvalue weighted by molar-refractivity contribution is 5.79. The molecule has 17 heavy (non-hydrogen) atoms. The van der Waals surface area contributed by atoms with Gasteiger partial charge in [-0.25, -0.2) is 0 Å². The van der Waals surface area contributed by atoms with Crippen molar-refractivity contribution in [3.8, 4) is 0 Å². The van der Waals surface area contributed by atoms with Crippen molar-refractivity contribution in [2.75, 3.05) is 13.1 Å². The van der Waals surface area contributed by atoms with E-state index in [0.717, 1.165) is 19.6 Å². The normalized spacial score (nSPS) is 16.6. The highest BCUT2D eigenvalue weighted by atomic mass is 16.4. The lowest BCUT2D eigenvalue weighted by Gasteiger charge is -2.21. The molecule has 1 aromatic rings. The first kappa shape index (κ1) is 11.9. The van der Waals surface area contributed by atoms with Gasteiger partial charge >= 0.3 is 0 Å². The Morgan fingerprint density at radius 3 is 2.94 bits per heavy atom. The summed E-state index contributed by atoms with van der Waals surface area (Å²) in [5.41, 5.74) is 5.49. The molecule has 0 aromatic carbocycles. The molecule has 1 aromatic heterocycles. The van der Waals surface area contributed by atoms with E-state index < -0.39 is 0 Å². The van der Waals surface area contributed by atoms with Crippen molar-refractivity contribution in [1.82, 2.24) is 14.7 Å². The van der Waals surface area contributed by atoms with E-state index in [1.165, 1.54) is 12.8 Å². The second kappa shape index (κ2) is 5.67. The Bertz CT molecular complexity index is 358. The highest BCUT2D eigenvalue weighted by Gasteiger charge is 2.28. The van der Waals surface area contributed by atoms with Crippen LogP contribution in [0.1, 0.15) is 19.3 Å². The molecule has 94 valence electrons. The van der Waals surface area contributed by atoms with Gasteiger partial charge in [0.1, 0.15) is 5.84 Å². The van der Waals surface area contributed by atoms with Crippen molar-refractivity contribution in [2.24, 2.45) is 10.9 Å². The number of nitrogens with two attached hydrogens (primary N) is 1. The fourth-order valence-electron chi connectivity index (χ4n) is 1.89. The fourth-order valence-corrected chi connectivity index (χ4v) is 1.89. The van der Waals surface area contributed by atoms with Crippen LogP contribution in [-0.4, -0.2) is 44.9 Å². The Hall–Kier alpha value is -1.56. The zero-order valence-corrected chi connectivity index (χ0v) is 9.87. The minimum absolute atomic E-state index is 0.301. The average molecular weight is 237 g/mol. The van der Waals surface area contributed by atoms with Crippen molar-refractivity contribution < 1.29 is 5.21 Å². The molecule has 1 fully saturated rings. The second-order valence-electron chi connectivity index (χ2n) is 4.38. The summed E-state index contributed by atoms with van der Waals surface area (Å²) in [6.45, 7) is 2.70. The molecule has 0 spiro atoms. The third-order valence-electron chi connectivity index (χ3n) is 3.02. The van der Waals surface area contributed by atoms with Crippen molar-refractivity contribution in [2.45, 2.75) is 31.8 Å². The molecule has 2 rings (SSSR count). The predicted octanol–water partition coefficient (Wildman–Crippen LogP) is 0.484. The Morgan fingerprint density at radius 1 is 1.53 bits per heavy atom. The lowest BCUT2D eigenvalue weighted by Crippen LogP contribution is -2.33. The third kappa shape index (κ3) is 3.74. The van der Waals surface area contributed by atoms with Gasteiger partial charge in [-0.05, 0) is 18.9 Å². The molecule has 1 aliphatic carbocycles. The molecule has 0 saturated heterocycles. The molecule has 1 saturated carbocycles. The lowest BCUT2D eigenvalue weighted by atomic mass is 10.3. The SMILES string of the molecule is N/C(CCN(CCn1cccn1)C1CC1)=N/O. The molecular formula is C11H19N5O. The first-order valence-electron chi connectivity index (χ1n) is 5.97. The predicted molar refractivity (Wildman–Crippen MR) is 64.8 cm³/mol. The molecular weight excluding hydrogens is 218 g/mol. The summed E-state index contributed by atoms with van der Waals surface area (Å²) >= 11 is 0. The number of aromatic nitrogens is 2. The van der Waals surface area contributed by atoms with E-state index in [0.29, 0.717) is 18.3 Å². The average Bonchev–Trinajstić information content (AvgIpc) is 3.05. The molecule has 0 unspecified atom stereocenters. The van der Waals surface area contributed by atoms with E-state index in [1.54, 1.807) is 6.20 Å². The van der Waals surface area contributed by atoms with Crippen LogP contribution in [0.2, 0.25) is 0 Å². The number of hydrogen-bond acceptors (Lipinski definition) is 4. The first-order chi connectivity index (χ1) is 8.29. The number of oxime groups is 1. The van der Waals surface area contributed by atoms with Gasteiger partial charge in [0.05, 0.1) is 6.54 Å². The minimum Gasteiger partial charge on any atom is -0.409 e. The van der Waals surface area contributed by atoms with Crippen LogP contribution in [-0.2, 0) is 6.54 Å². The fraction of sp³-hybridized carbons (Fsp3) is 0.636. The van der Waals surface area contributed by atoms with Crippen molar-refractivity contribution >= 4 is 5.84 Å². The minimum atomic E-state index is 0.301. The summed E-state index contributed by atoms with van der Waals surface area (Å²) in [7, 11) is 0. The van der Waals surface area contributed by atoms with Crippen LogP contribution in [0.4, 0.5) is 0 Å². The van der Waals surface area contributed by atoms with Crippen LogP contribution in [0.5, 0.6) is 0 Å². The van der Waals surface area contributed by atoms with Gasteiger partial charge in [-0.3, -0.25) is 9.58 Å². The Kier molecular flexibility index (Phi) is 3.98. The van der Waals surface area contributed by atoms with Gasteiger partial charge in [-0.2, -0.15) is 5.10 Å². The second-order valence-corrected chi connectivity index (χ2v) is 4.38.